The molecule has 2 rings (SSSR count). The third kappa shape index (κ3) is 3.36. The second-order valence-electron chi connectivity index (χ2n) is 4.30. The van der Waals surface area contributed by atoms with Gasteiger partial charge in [-0.2, -0.15) is 0 Å². The molecule has 20 heavy (non-hydrogen) atoms. The Morgan fingerprint density at radius 3 is 2.35 bits per heavy atom. The summed E-state index contributed by atoms with van der Waals surface area (Å²) in [5.41, 5.74) is 0.772. The summed E-state index contributed by atoms with van der Waals surface area (Å²) in [5.74, 6) is 0.683. The van der Waals surface area contributed by atoms with Crippen molar-refractivity contribution < 1.29 is 8.42 Å². The van der Waals surface area contributed by atoms with Crippen LogP contribution in [0.15, 0.2) is 52.0 Å². The molecule has 0 aliphatic heterocycles. The van der Waals surface area contributed by atoms with E-state index in [0.29, 0.717) is 5.82 Å². The van der Waals surface area contributed by atoms with Crippen molar-refractivity contribution in [3.63, 3.8) is 0 Å². The summed E-state index contributed by atoms with van der Waals surface area (Å²) in [5, 5.41) is 3.10. The molecular weight excluding hydrogens is 342 g/mol. The van der Waals surface area contributed by atoms with Gasteiger partial charge in [0.05, 0.1) is 4.90 Å². The molecule has 0 saturated carbocycles. The van der Waals surface area contributed by atoms with Crippen LogP contribution in [0.3, 0.4) is 0 Å². The van der Waals surface area contributed by atoms with Gasteiger partial charge in [0.25, 0.3) is 0 Å². The van der Waals surface area contributed by atoms with Crippen LogP contribution < -0.4 is 5.32 Å². The van der Waals surface area contributed by atoms with Gasteiger partial charge in [-0.15, -0.1) is 0 Å². The van der Waals surface area contributed by atoms with E-state index >= 15 is 0 Å². The number of sulfonamides is 1. The van der Waals surface area contributed by atoms with E-state index in [4.69, 9.17) is 0 Å². The lowest BCUT2D eigenvalue weighted by Crippen LogP contribution is -2.22. The van der Waals surface area contributed by atoms with Crippen LogP contribution in [0.5, 0.6) is 0 Å². The maximum atomic E-state index is 11.9. The van der Waals surface area contributed by atoms with Crippen LogP contribution in [0.2, 0.25) is 0 Å². The van der Waals surface area contributed by atoms with Crippen LogP contribution >= 0.6 is 15.9 Å². The van der Waals surface area contributed by atoms with E-state index in [0.717, 1.165) is 10.2 Å². The zero-order valence-corrected chi connectivity index (χ0v) is 13.4. The zero-order chi connectivity index (χ0) is 14.8. The van der Waals surface area contributed by atoms with Gasteiger partial charge in [-0.1, -0.05) is 15.9 Å². The van der Waals surface area contributed by atoms with Crippen molar-refractivity contribution in [2.45, 2.75) is 4.90 Å². The molecule has 1 N–H and O–H groups in total. The SMILES string of the molecule is CN(C)S(=O)(=O)c1ccc(Nc2cc(Br)ccn2)cc1. The number of nitrogens with one attached hydrogen (secondary N) is 1. The minimum absolute atomic E-state index is 0.259. The Kier molecular flexibility index (Phi) is 4.42. The molecule has 1 aromatic carbocycles. The number of anilines is 2. The van der Waals surface area contributed by atoms with Crippen LogP contribution in [0.4, 0.5) is 11.5 Å². The molecule has 2 aromatic rings. The number of hydrogen-bond acceptors (Lipinski definition) is 4. The van der Waals surface area contributed by atoms with Crippen molar-refractivity contribution in [1.29, 1.82) is 0 Å². The van der Waals surface area contributed by atoms with Gasteiger partial charge in [0.15, 0.2) is 0 Å². The van der Waals surface area contributed by atoms with Gasteiger partial charge in [-0.25, -0.2) is 17.7 Å². The Balaban J connectivity index is 2.21. The maximum absolute atomic E-state index is 11.9. The Morgan fingerprint density at radius 2 is 1.80 bits per heavy atom. The molecule has 0 amide bonds. The second-order valence-corrected chi connectivity index (χ2v) is 7.36. The first-order valence-electron chi connectivity index (χ1n) is 5.81. The molecule has 0 unspecified atom stereocenters. The Labute approximate surface area is 126 Å². The minimum atomic E-state index is -3.39. The Morgan fingerprint density at radius 1 is 1.15 bits per heavy atom. The van der Waals surface area contributed by atoms with Crippen LogP contribution in [-0.2, 0) is 10.0 Å². The molecule has 0 aliphatic carbocycles. The van der Waals surface area contributed by atoms with Crippen molar-refractivity contribution >= 4 is 37.5 Å². The first kappa shape index (κ1) is 15.0. The quantitative estimate of drug-likeness (QED) is 0.915. The van der Waals surface area contributed by atoms with E-state index in [1.54, 1.807) is 30.5 Å². The number of benzene rings is 1. The predicted octanol–water partition coefficient (Wildman–Crippen LogP) is 2.84. The molecular formula is C13H14BrN3O2S. The normalized spacial score (nSPS) is 11.6. The molecule has 0 radical (unpaired) electrons. The second kappa shape index (κ2) is 5.90. The summed E-state index contributed by atoms with van der Waals surface area (Å²) in [6, 6.07) is 10.2. The number of halogens is 1. The highest BCUT2D eigenvalue weighted by Gasteiger charge is 2.16. The average molecular weight is 356 g/mol. The smallest absolute Gasteiger partial charge is 0.242 e. The summed E-state index contributed by atoms with van der Waals surface area (Å²) in [6.07, 6.45) is 1.68. The third-order valence-electron chi connectivity index (χ3n) is 2.63. The number of rotatable bonds is 4. The first-order chi connectivity index (χ1) is 9.39. The molecule has 0 aliphatic rings. The van der Waals surface area contributed by atoms with E-state index in [9.17, 15) is 8.42 Å². The largest absolute Gasteiger partial charge is 0.340 e. The number of nitrogens with zero attached hydrogens (tertiary/aromatic N) is 2. The summed E-state index contributed by atoms with van der Waals surface area (Å²) in [4.78, 5) is 4.43. The highest BCUT2D eigenvalue weighted by atomic mass is 79.9. The third-order valence-corrected chi connectivity index (χ3v) is 4.95. The van der Waals surface area contributed by atoms with Gasteiger partial charge in [0, 0.05) is 30.5 Å². The molecule has 0 bridgehead atoms. The summed E-state index contributed by atoms with van der Waals surface area (Å²) in [7, 11) is -0.377. The van der Waals surface area contributed by atoms with Crippen molar-refractivity contribution in [2.24, 2.45) is 0 Å². The van der Waals surface area contributed by atoms with Gasteiger partial charge < -0.3 is 5.32 Å². The van der Waals surface area contributed by atoms with Crippen LogP contribution in [-0.4, -0.2) is 31.8 Å². The highest BCUT2D eigenvalue weighted by Crippen LogP contribution is 2.20. The van der Waals surface area contributed by atoms with Crippen LogP contribution in [0.25, 0.3) is 0 Å². The molecule has 1 aromatic heterocycles. The molecule has 0 spiro atoms. The van der Waals surface area contributed by atoms with Crippen molar-refractivity contribution in [2.75, 3.05) is 19.4 Å². The summed E-state index contributed by atoms with van der Waals surface area (Å²) < 4.78 is 26.0. The lowest BCUT2D eigenvalue weighted by molar-refractivity contribution is 0.521. The van der Waals surface area contributed by atoms with E-state index in [-0.39, 0.29) is 4.90 Å². The Hall–Kier alpha value is -1.44. The summed E-state index contributed by atoms with van der Waals surface area (Å²) >= 11 is 3.36. The van der Waals surface area contributed by atoms with Crippen molar-refractivity contribution in [3.8, 4) is 0 Å². The minimum Gasteiger partial charge on any atom is -0.340 e. The van der Waals surface area contributed by atoms with Crippen LogP contribution in [0, 0.1) is 0 Å². The fourth-order valence-corrected chi connectivity index (χ4v) is 2.78. The van der Waals surface area contributed by atoms with E-state index in [1.165, 1.54) is 18.4 Å². The van der Waals surface area contributed by atoms with E-state index < -0.39 is 10.0 Å². The molecule has 0 saturated heterocycles. The topological polar surface area (TPSA) is 62.3 Å². The van der Waals surface area contributed by atoms with E-state index in [2.05, 4.69) is 26.2 Å². The number of aromatic nitrogens is 1. The lowest BCUT2D eigenvalue weighted by Gasteiger charge is -2.12. The lowest BCUT2D eigenvalue weighted by atomic mass is 10.3. The molecule has 106 valence electrons. The molecule has 0 fully saturated rings. The van der Waals surface area contributed by atoms with Gasteiger partial charge in [-0.05, 0) is 36.4 Å². The van der Waals surface area contributed by atoms with Gasteiger partial charge in [-0.3, -0.25) is 0 Å². The van der Waals surface area contributed by atoms with Crippen molar-refractivity contribution in [1.82, 2.24) is 9.29 Å². The van der Waals surface area contributed by atoms with Crippen LogP contribution in [0.1, 0.15) is 0 Å². The summed E-state index contributed by atoms with van der Waals surface area (Å²) in [6.45, 7) is 0. The standard InChI is InChI=1S/C13H14BrN3O2S/c1-17(2)20(18,19)12-5-3-11(4-6-12)16-13-9-10(14)7-8-15-13/h3-9H,1-2H3,(H,15,16). The number of pyridine rings is 1. The van der Waals surface area contributed by atoms with Gasteiger partial charge >= 0.3 is 0 Å². The Bertz CT molecular complexity index is 700. The van der Waals surface area contributed by atoms with Crippen molar-refractivity contribution in [3.05, 3.63) is 47.1 Å². The zero-order valence-electron chi connectivity index (χ0n) is 11.0. The first-order valence-corrected chi connectivity index (χ1v) is 8.04. The maximum Gasteiger partial charge on any atom is 0.242 e. The van der Waals surface area contributed by atoms with E-state index in [1.807, 2.05) is 12.1 Å². The van der Waals surface area contributed by atoms with Gasteiger partial charge in [0.1, 0.15) is 5.82 Å². The fraction of sp³-hybridized carbons (Fsp3) is 0.154. The molecule has 0 atom stereocenters. The average Bonchev–Trinajstić information content (AvgIpc) is 2.39. The molecule has 5 nitrogen and oxygen atoms in total. The monoisotopic (exact) mass is 355 g/mol. The van der Waals surface area contributed by atoms with Gasteiger partial charge in [0.2, 0.25) is 10.0 Å². The molecule has 1 heterocycles. The predicted molar refractivity (Wildman–Crippen MR) is 82.5 cm³/mol. The fourth-order valence-electron chi connectivity index (χ4n) is 1.54. The molecule has 7 heteroatoms. The highest BCUT2D eigenvalue weighted by molar-refractivity contribution is 9.10. The number of hydrogen-bond donors (Lipinski definition) is 1.